The highest BCUT2D eigenvalue weighted by Gasteiger charge is 2.20. The molecule has 2 unspecified atom stereocenters. The summed E-state index contributed by atoms with van der Waals surface area (Å²) < 4.78 is 18.9. The Morgan fingerprint density at radius 1 is 1.32 bits per heavy atom. The predicted octanol–water partition coefficient (Wildman–Crippen LogP) is 3.47. The Morgan fingerprint density at radius 2 is 2.05 bits per heavy atom. The van der Waals surface area contributed by atoms with Crippen molar-refractivity contribution in [1.29, 1.82) is 0 Å². The molecule has 0 saturated carbocycles. The summed E-state index contributed by atoms with van der Waals surface area (Å²) >= 11 is 0. The molecule has 1 rings (SSSR count). The first-order chi connectivity index (χ1) is 9.12. The molecule has 2 nitrogen and oxygen atoms in total. The normalized spacial score (nSPS) is 14.4. The van der Waals surface area contributed by atoms with E-state index in [1.165, 1.54) is 6.07 Å². The molecular weight excluding hydrogens is 241 g/mol. The second kappa shape index (κ2) is 8.28. The fourth-order valence-electron chi connectivity index (χ4n) is 2.38. The van der Waals surface area contributed by atoms with Crippen molar-refractivity contribution in [1.82, 2.24) is 5.32 Å². The summed E-state index contributed by atoms with van der Waals surface area (Å²) in [6.07, 6.45) is 3.00. The van der Waals surface area contributed by atoms with Gasteiger partial charge >= 0.3 is 0 Å². The Labute approximate surface area is 116 Å². The monoisotopic (exact) mass is 267 g/mol. The Kier molecular flexibility index (Phi) is 7.03. The summed E-state index contributed by atoms with van der Waals surface area (Å²) in [5.74, 6) is -0.166. The zero-order valence-electron chi connectivity index (χ0n) is 12.5. The summed E-state index contributed by atoms with van der Waals surface area (Å²) in [7, 11) is 1.74. The number of hydrogen-bond donors (Lipinski definition) is 1. The van der Waals surface area contributed by atoms with E-state index in [-0.39, 0.29) is 18.0 Å². The standard InChI is InChI=1S/C16H26FNO/c1-5-9-18-15(16(6-2)19-4)11-13-10-14(17)8-7-12(13)3/h7-8,10,15-16,18H,5-6,9,11H2,1-4H3. The van der Waals surface area contributed by atoms with Gasteiger partial charge in [-0.2, -0.15) is 0 Å². The van der Waals surface area contributed by atoms with Crippen molar-refractivity contribution in [2.24, 2.45) is 0 Å². The van der Waals surface area contributed by atoms with Crippen LogP contribution in [0.5, 0.6) is 0 Å². The molecule has 1 N–H and O–H groups in total. The molecule has 0 amide bonds. The minimum absolute atomic E-state index is 0.161. The van der Waals surface area contributed by atoms with Crippen molar-refractivity contribution < 1.29 is 9.13 Å². The van der Waals surface area contributed by atoms with Crippen LogP contribution in [0.15, 0.2) is 18.2 Å². The number of rotatable bonds is 8. The SMILES string of the molecule is CCCNC(Cc1cc(F)ccc1C)C(CC)OC. The van der Waals surface area contributed by atoms with Crippen molar-refractivity contribution in [2.75, 3.05) is 13.7 Å². The highest BCUT2D eigenvalue weighted by Crippen LogP contribution is 2.16. The number of benzene rings is 1. The summed E-state index contributed by atoms with van der Waals surface area (Å²) in [5.41, 5.74) is 2.19. The highest BCUT2D eigenvalue weighted by atomic mass is 19.1. The van der Waals surface area contributed by atoms with E-state index in [4.69, 9.17) is 4.74 Å². The molecule has 1 aromatic rings. The Bertz CT molecular complexity index is 377. The number of nitrogens with one attached hydrogen (secondary N) is 1. The summed E-state index contributed by atoms with van der Waals surface area (Å²) in [6.45, 7) is 7.25. The van der Waals surface area contributed by atoms with Gasteiger partial charge in [-0.25, -0.2) is 4.39 Å². The van der Waals surface area contributed by atoms with Gasteiger partial charge in [-0.3, -0.25) is 0 Å². The third kappa shape index (κ3) is 4.92. The molecule has 0 aromatic heterocycles. The molecule has 0 saturated heterocycles. The lowest BCUT2D eigenvalue weighted by atomic mass is 9.96. The van der Waals surface area contributed by atoms with Gasteiger partial charge < -0.3 is 10.1 Å². The second-order valence-electron chi connectivity index (χ2n) is 5.02. The average molecular weight is 267 g/mol. The molecule has 0 aliphatic carbocycles. The molecule has 19 heavy (non-hydrogen) atoms. The van der Waals surface area contributed by atoms with Crippen molar-refractivity contribution in [3.63, 3.8) is 0 Å². The second-order valence-corrected chi connectivity index (χ2v) is 5.02. The van der Waals surface area contributed by atoms with Gasteiger partial charge in [-0.05, 0) is 56.0 Å². The van der Waals surface area contributed by atoms with Gasteiger partial charge in [-0.1, -0.05) is 19.9 Å². The number of methoxy groups -OCH3 is 1. The van der Waals surface area contributed by atoms with Crippen molar-refractivity contribution in [3.8, 4) is 0 Å². The van der Waals surface area contributed by atoms with Crippen LogP contribution in [0.3, 0.4) is 0 Å². The Morgan fingerprint density at radius 3 is 2.63 bits per heavy atom. The maximum absolute atomic E-state index is 13.4. The van der Waals surface area contributed by atoms with Crippen molar-refractivity contribution in [3.05, 3.63) is 35.1 Å². The molecule has 0 spiro atoms. The van der Waals surface area contributed by atoms with E-state index in [2.05, 4.69) is 19.2 Å². The van der Waals surface area contributed by atoms with Crippen LogP contribution >= 0.6 is 0 Å². The minimum atomic E-state index is -0.166. The highest BCUT2D eigenvalue weighted by molar-refractivity contribution is 5.27. The van der Waals surface area contributed by atoms with Crippen LogP contribution in [0.4, 0.5) is 4.39 Å². The summed E-state index contributed by atoms with van der Waals surface area (Å²) in [5, 5.41) is 3.52. The lowest BCUT2D eigenvalue weighted by molar-refractivity contribution is 0.0653. The number of ether oxygens (including phenoxy) is 1. The van der Waals surface area contributed by atoms with Crippen LogP contribution in [-0.2, 0) is 11.2 Å². The van der Waals surface area contributed by atoms with Gasteiger partial charge in [0.15, 0.2) is 0 Å². The van der Waals surface area contributed by atoms with Crippen LogP contribution in [-0.4, -0.2) is 25.8 Å². The fraction of sp³-hybridized carbons (Fsp3) is 0.625. The fourth-order valence-corrected chi connectivity index (χ4v) is 2.38. The largest absolute Gasteiger partial charge is 0.380 e. The average Bonchev–Trinajstić information content (AvgIpc) is 2.41. The van der Waals surface area contributed by atoms with E-state index in [9.17, 15) is 4.39 Å². The smallest absolute Gasteiger partial charge is 0.123 e. The van der Waals surface area contributed by atoms with Gasteiger partial charge in [0.05, 0.1) is 6.10 Å². The van der Waals surface area contributed by atoms with E-state index >= 15 is 0 Å². The minimum Gasteiger partial charge on any atom is -0.380 e. The van der Waals surface area contributed by atoms with Gasteiger partial charge in [0.25, 0.3) is 0 Å². The summed E-state index contributed by atoms with van der Waals surface area (Å²) in [6, 6.07) is 5.23. The maximum Gasteiger partial charge on any atom is 0.123 e. The third-order valence-electron chi connectivity index (χ3n) is 3.56. The van der Waals surface area contributed by atoms with E-state index in [0.29, 0.717) is 0 Å². The van der Waals surface area contributed by atoms with Crippen molar-refractivity contribution >= 4 is 0 Å². The number of halogens is 1. The molecule has 3 heteroatoms. The van der Waals surface area contributed by atoms with Gasteiger partial charge in [0, 0.05) is 13.2 Å². The van der Waals surface area contributed by atoms with Crippen LogP contribution in [0, 0.1) is 12.7 Å². The van der Waals surface area contributed by atoms with Gasteiger partial charge in [0.1, 0.15) is 5.82 Å². The molecule has 0 aliphatic rings. The molecule has 1 aromatic carbocycles. The molecule has 2 atom stereocenters. The van der Waals surface area contributed by atoms with E-state index in [0.717, 1.165) is 36.9 Å². The first-order valence-electron chi connectivity index (χ1n) is 7.13. The van der Waals surface area contributed by atoms with Gasteiger partial charge in [-0.15, -0.1) is 0 Å². The summed E-state index contributed by atoms with van der Waals surface area (Å²) in [4.78, 5) is 0. The zero-order chi connectivity index (χ0) is 14.3. The zero-order valence-corrected chi connectivity index (χ0v) is 12.5. The van der Waals surface area contributed by atoms with Crippen LogP contribution in [0.2, 0.25) is 0 Å². The van der Waals surface area contributed by atoms with Crippen LogP contribution < -0.4 is 5.32 Å². The third-order valence-corrected chi connectivity index (χ3v) is 3.56. The van der Waals surface area contributed by atoms with E-state index < -0.39 is 0 Å². The predicted molar refractivity (Wildman–Crippen MR) is 78.0 cm³/mol. The maximum atomic E-state index is 13.4. The van der Waals surface area contributed by atoms with Crippen LogP contribution in [0.25, 0.3) is 0 Å². The van der Waals surface area contributed by atoms with E-state index in [1.54, 1.807) is 13.2 Å². The van der Waals surface area contributed by atoms with E-state index in [1.807, 2.05) is 13.0 Å². The molecule has 0 fully saturated rings. The van der Waals surface area contributed by atoms with Gasteiger partial charge in [0.2, 0.25) is 0 Å². The first-order valence-corrected chi connectivity index (χ1v) is 7.13. The number of aryl methyl sites for hydroxylation is 1. The van der Waals surface area contributed by atoms with Crippen molar-refractivity contribution in [2.45, 2.75) is 52.2 Å². The Hall–Kier alpha value is -0.930. The Balaban J connectivity index is 2.83. The molecular formula is C16H26FNO. The topological polar surface area (TPSA) is 21.3 Å². The first kappa shape index (κ1) is 16.1. The molecule has 0 heterocycles. The molecule has 0 aliphatic heterocycles. The lowest BCUT2D eigenvalue weighted by Crippen LogP contribution is -2.42. The molecule has 108 valence electrons. The van der Waals surface area contributed by atoms with Crippen LogP contribution in [0.1, 0.15) is 37.8 Å². The lowest BCUT2D eigenvalue weighted by Gasteiger charge is -2.27. The quantitative estimate of drug-likeness (QED) is 0.778. The number of hydrogen-bond acceptors (Lipinski definition) is 2. The molecule has 0 radical (unpaired) electrons. The molecule has 0 bridgehead atoms.